The van der Waals surface area contributed by atoms with Gasteiger partial charge in [0.05, 0.1) is 13.0 Å². The highest BCUT2D eigenvalue weighted by atomic mass is 35.5. The van der Waals surface area contributed by atoms with Gasteiger partial charge in [0.2, 0.25) is 6.10 Å². The number of hydrogen-bond acceptors (Lipinski definition) is 4. The molecular weight excluding hydrogens is 338 g/mol. The van der Waals surface area contributed by atoms with Crippen LogP contribution in [0.2, 0.25) is 5.02 Å². The number of rotatable bonds is 6. The number of carbonyl (C=O) groups excluding carboxylic acids is 1. The van der Waals surface area contributed by atoms with Crippen molar-refractivity contribution in [3.8, 4) is 11.8 Å². The van der Waals surface area contributed by atoms with Crippen LogP contribution >= 0.6 is 11.6 Å². The number of methoxy groups -OCH3 is 1. The molecule has 130 valence electrons. The second-order valence-corrected chi connectivity index (χ2v) is 6.43. The van der Waals surface area contributed by atoms with E-state index in [0.717, 1.165) is 5.56 Å². The van der Waals surface area contributed by atoms with Gasteiger partial charge in [0, 0.05) is 10.6 Å². The highest BCUT2D eigenvalue weighted by molar-refractivity contribution is 6.30. The van der Waals surface area contributed by atoms with Gasteiger partial charge in [0.1, 0.15) is 11.8 Å². The molecule has 0 N–H and O–H groups in total. The number of carbonyl (C=O) groups is 1. The summed E-state index contributed by atoms with van der Waals surface area (Å²) in [7, 11) is 1.54. The maximum Gasteiger partial charge on any atom is 0.315 e. The Morgan fingerprint density at radius 2 is 1.80 bits per heavy atom. The average Bonchev–Trinajstić information content (AvgIpc) is 2.61. The SMILES string of the molecule is COc1cccc(C(C#N)OC(=O)C(c2ccc(Cl)cc2)C(C)C)c1. The Kier molecular flexibility index (Phi) is 6.44. The van der Waals surface area contributed by atoms with Crippen molar-refractivity contribution >= 4 is 17.6 Å². The normalized spacial score (nSPS) is 13.0. The molecule has 5 heteroatoms. The third-order valence-corrected chi connectivity index (χ3v) is 4.15. The monoisotopic (exact) mass is 357 g/mol. The van der Waals surface area contributed by atoms with Crippen LogP contribution < -0.4 is 4.74 Å². The molecule has 0 aliphatic heterocycles. The van der Waals surface area contributed by atoms with Crippen LogP contribution in [0.25, 0.3) is 0 Å². The summed E-state index contributed by atoms with van der Waals surface area (Å²) in [4.78, 5) is 12.7. The fourth-order valence-electron chi connectivity index (χ4n) is 2.63. The Morgan fingerprint density at radius 3 is 2.36 bits per heavy atom. The minimum absolute atomic E-state index is 0.0123. The van der Waals surface area contributed by atoms with Gasteiger partial charge in [0.15, 0.2) is 0 Å². The summed E-state index contributed by atoms with van der Waals surface area (Å²) in [6, 6.07) is 16.1. The topological polar surface area (TPSA) is 59.3 Å². The summed E-state index contributed by atoms with van der Waals surface area (Å²) in [5, 5.41) is 10.0. The first-order valence-electron chi connectivity index (χ1n) is 7.95. The fourth-order valence-corrected chi connectivity index (χ4v) is 2.75. The van der Waals surface area contributed by atoms with Gasteiger partial charge in [-0.3, -0.25) is 4.79 Å². The van der Waals surface area contributed by atoms with Crippen molar-refractivity contribution in [2.75, 3.05) is 7.11 Å². The van der Waals surface area contributed by atoms with Crippen LogP contribution in [0.3, 0.4) is 0 Å². The lowest BCUT2D eigenvalue weighted by atomic mass is 9.88. The molecule has 0 heterocycles. The summed E-state index contributed by atoms with van der Waals surface area (Å²) < 4.78 is 10.7. The number of nitriles is 1. The number of esters is 1. The van der Waals surface area contributed by atoms with Crippen molar-refractivity contribution < 1.29 is 14.3 Å². The number of halogens is 1. The van der Waals surface area contributed by atoms with Gasteiger partial charge in [-0.15, -0.1) is 0 Å². The standard InChI is InChI=1S/C20H20ClNO3/c1-13(2)19(14-7-9-16(21)10-8-14)20(23)25-18(12-22)15-5-4-6-17(11-15)24-3/h4-11,13,18-19H,1-3H3. The van der Waals surface area contributed by atoms with E-state index in [2.05, 4.69) is 0 Å². The molecule has 2 aromatic rings. The maximum atomic E-state index is 12.7. The van der Waals surface area contributed by atoms with Crippen LogP contribution in [-0.2, 0) is 9.53 Å². The van der Waals surface area contributed by atoms with Gasteiger partial charge in [-0.25, -0.2) is 0 Å². The second kappa shape index (κ2) is 8.55. The predicted octanol–water partition coefficient (Wildman–Crippen LogP) is 4.90. The zero-order valence-corrected chi connectivity index (χ0v) is 15.2. The van der Waals surface area contributed by atoms with Crippen LogP contribution in [0.4, 0.5) is 0 Å². The second-order valence-electron chi connectivity index (χ2n) is 6.00. The number of hydrogen-bond donors (Lipinski definition) is 0. The van der Waals surface area contributed by atoms with Gasteiger partial charge in [0.25, 0.3) is 0 Å². The lowest BCUT2D eigenvalue weighted by Crippen LogP contribution is -2.22. The van der Waals surface area contributed by atoms with Crippen molar-refractivity contribution in [2.24, 2.45) is 5.92 Å². The molecule has 0 amide bonds. The predicted molar refractivity (Wildman–Crippen MR) is 96.5 cm³/mol. The van der Waals surface area contributed by atoms with Gasteiger partial charge in [-0.05, 0) is 35.7 Å². The molecule has 0 saturated carbocycles. The highest BCUT2D eigenvalue weighted by Crippen LogP contribution is 2.30. The van der Waals surface area contributed by atoms with Crippen LogP contribution in [0.15, 0.2) is 48.5 Å². The molecule has 0 aliphatic carbocycles. The summed E-state index contributed by atoms with van der Waals surface area (Å²) in [6.07, 6.45) is -0.990. The van der Waals surface area contributed by atoms with Crippen LogP contribution in [0, 0.1) is 17.2 Å². The molecule has 0 radical (unpaired) electrons. The van der Waals surface area contributed by atoms with E-state index >= 15 is 0 Å². The lowest BCUT2D eigenvalue weighted by molar-refractivity contribution is -0.150. The molecule has 0 aliphatic rings. The number of benzene rings is 2. The van der Waals surface area contributed by atoms with E-state index in [9.17, 15) is 10.1 Å². The number of nitrogens with zero attached hydrogens (tertiary/aromatic N) is 1. The molecule has 2 unspecified atom stereocenters. The number of ether oxygens (including phenoxy) is 2. The van der Waals surface area contributed by atoms with E-state index in [4.69, 9.17) is 21.1 Å². The third kappa shape index (κ3) is 4.74. The molecule has 0 saturated heterocycles. The molecule has 2 rings (SSSR count). The quantitative estimate of drug-likeness (QED) is 0.690. The molecule has 2 aromatic carbocycles. The summed E-state index contributed by atoms with van der Waals surface area (Å²) in [5.41, 5.74) is 1.39. The largest absolute Gasteiger partial charge is 0.497 e. The molecule has 0 spiro atoms. The molecule has 0 aromatic heterocycles. The fraction of sp³-hybridized carbons (Fsp3) is 0.300. The van der Waals surface area contributed by atoms with Crippen molar-refractivity contribution in [3.63, 3.8) is 0 Å². The Bertz CT molecular complexity index is 765. The molecule has 4 nitrogen and oxygen atoms in total. The minimum Gasteiger partial charge on any atom is -0.497 e. The first-order valence-corrected chi connectivity index (χ1v) is 8.33. The Labute approximate surface area is 152 Å². The Hall–Kier alpha value is -2.51. The van der Waals surface area contributed by atoms with Gasteiger partial charge >= 0.3 is 5.97 Å². The van der Waals surface area contributed by atoms with Crippen LogP contribution in [0.5, 0.6) is 5.75 Å². The smallest absolute Gasteiger partial charge is 0.315 e. The Morgan fingerprint density at radius 1 is 1.12 bits per heavy atom. The molecule has 2 atom stereocenters. The van der Waals surface area contributed by atoms with Gasteiger partial charge in [-0.2, -0.15) is 5.26 Å². The van der Waals surface area contributed by atoms with Crippen molar-refractivity contribution in [1.29, 1.82) is 5.26 Å². The summed E-state index contributed by atoms with van der Waals surface area (Å²) in [6.45, 7) is 3.88. The van der Waals surface area contributed by atoms with Gasteiger partial charge < -0.3 is 9.47 Å². The third-order valence-electron chi connectivity index (χ3n) is 3.90. The van der Waals surface area contributed by atoms with E-state index in [0.29, 0.717) is 16.3 Å². The van der Waals surface area contributed by atoms with Crippen LogP contribution in [-0.4, -0.2) is 13.1 Å². The molecule has 0 fully saturated rings. The first-order chi connectivity index (χ1) is 12.0. The van der Waals surface area contributed by atoms with E-state index in [-0.39, 0.29) is 5.92 Å². The van der Waals surface area contributed by atoms with Crippen molar-refractivity contribution in [3.05, 3.63) is 64.7 Å². The van der Waals surface area contributed by atoms with E-state index in [1.54, 1.807) is 55.6 Å². The summed E-state index contributed by atoms with van der Waals surface area (Å²) >= 11 is 5.92. The van der Waals surface area contributed by atoms with Crippen molar-refractivity contribution in [2.45, 2.75) is 25.9 Å². The first kappa shape index (κ1) is 18.8. The Balaban J connectivity index is 2.24. The summed E-state index contributed by atoms with van der Waals surface area (Å²) in [5.74, 6) is -0.296. The zero-order valence-electron chi connectivity index (χ0n) is 14.4. The minimum atomic E-state index is -0.990. The zero-order chi connectivity index (χ0) is 18.4. The maximum absolute atomic E-state index is 12.7. The van der Waals surface area contributed by atoms with E-state index in [1.807, 2.05) is 19.9 Å². The van der Waals surface area contributed by atoms with E-state index in [1.165, 1.54) is 0 Å². The molecular formula is C20H20ClNO3. The van der Waals surface area contributed by atoms with E-state index < -0.39 is 18.0 Å². The van der Waals surface area contributed by atoms with Crippen LogP contribution in [0.1, 0.15) is 37.0 Å². The lowest BCUT2D eigenvalue weighted by Gasteiger charge is -2.22. The molecule has 0 bridgehead atoms. The highest BCUT2D eigenvalue weighted by Gasteiger charge is 2.28. The molecule has 25 heavy (non-hydrogen) atoms. The van der Waals surface area contributed by atoms with Crippen molar-refractivity contribution in [1.82, 2.24) is 0 Å². The average molecular weight is 358 g/mol. The van der Waals surface area contributed by atoms with Gasteiger partial charge in [-0.1, -0.05) is 49.7 Å².